The maximum absolute atomic E-state index is 12.2. The van der Waals surface area contributed by atoms with Gasteiger partial charge in [-0.1, -0.05) is 31.9 Å². The molecule has 0 spiro atoms. The fourth-order valence-electron chi connectivity index (χ4n) is 3.75. The summed E-state index contributed by atoms with van der Waals surface area (Å²) in [4.78, 5) is 25.8. The van der Waals surface area contributed by atoms with Gasteiger partial charge in [0.1, 0.15) is 6.61 Å². The highest BCUT2D eigenvalue weighted by Gasteiger charge is 2.23. The van der Waals surface area contributed by atoms with Gasteiger partial charge in [0.05, 0.1) is 6.10 Å². The third kappa shape index (κ3) is 5.05. The highest BCUT2D eigenvalue weighted by atomic mass is 16.5. The van der Waals surface area contributed by atoms with Gasteiger partial charge in [-0.05, 0) is 42.9 Å². The van der Waals surface area contributed by atoms with Gasteiger partial charge in [-0.2, -0.15) is 0 Å². The molecule has 3 rings (SSSR count). The lowest BCUT2D eigenvalue weighted by Crippen LogP contribution is -2.29. The van der Waals surface area contributed by atoms with Crippen molar-refractivity contribution in [3.8, 4) is 0 Å². The summed E-state index contributed by atoms with van der Waals surface area (Å²) >= 11 is 0. The van der Waals surface area contributed by atoms with Crippen LogP contribution < -0.4 is 5.32 Å². The Hall–Kier alpha value is -1.88. The van der Waals surface area contributed by atoms with Crippen molar-refractivity contribution in [1.82, 2.24) is 4.90 Å². The first-order valence-electron chi connectivity index (χ1n) is 9.40. The van der Waals surface area contributed by atoms with Crippen LogP contribution in [0.2, 0.25) is 0 Å². The molecule has 0 bridgehead atoms. The van der Waals surface area contributed by atoms with Crippen molar-refractivity contribution in [2.24, 2.45) is 5.92 Å². The third-order valence-corrected chi connectivity index (χ3v) is 5.22. The van der Waals surface area contributed by atoms with Gasteiger partial charge in [0.2, 0.25) is 11.8 Å². The molecular weight excluding hydrogens is 316 g/mol. The van der Waals surface area contributed by atoms with Crippen LogP contribution in [-0.4, -0.2) is 36.0 Å². The molecule has 0 radical (unpaired) electrons. The number of likely N-dealkylation sites (tertiary alicyclic amines) is 1. The van der Waals surface area contributed by atoms with E-state index in [2.05, 4.69) is 12.2 Å². The summed E-state index contributed by atoms with van der Waals surface area (Å²) in [6.07, 6.45) is 6.47. The molecule has 25 heavy (non-hydrogen) atoms. The summed E-state index contributed by atoms with van der Waals surface area (Å²) in [5.41, 5.74) is 1.80. The molecule has 1 saturated carbocycles. The predicted octanol–water partition coefficient (Wildman–Crippen LogP) is 3.34. The minimum Gasteiger partial charge on any atom is -0.368 e. The number of anilines is 1. The fraction of sp³-hybridized carbons (Fsp3) is 0.600. The number of amides is 2. The number of carbonyl (C=O) groups is 2. The van der Waals surface area contributed by atoms with Gasteiger partial charge in [-0.15, -0.1) is 0 Å². The van der Waals surface area contributed by atoms with Crippen LogP contribution in [0.4, 0.5) is 5.69 Å². The Morgan fingerprint density at radius 2 is 2.12 bits per heavy atom. The van der Waals surface area contributed by atoms with Crippen molar-refractivity contribution in [3.05, 3.63) is 29.8 Å². The molecule has 1 saturated heterocycles. The largest absolute Gasteiger partial charge is 0.368 e. The molecule has 1 aliphatic heterocycles. The van der Waals surface area contributed by atoms with Crippen LogP contribution in [0.3, 0.4) is 0 Å². The van der Waals surface area contributed by atoms with Gasteiger partial charge in [0, 0.05) is 25.2 Å². The number of rotatable bonds is 6. The molecule has 5 heteroatoms. The number of hydrogen-bond donors (Lipinski definition) is 1. The summed E-state index contributed by atoms with van der Waals surface area (Å²) in [5.74, 6) is 0.625. The maximum atomic E-state index is 12.2. The Morgan fingerprint density at radius 1 is 1.28 bits per heavy atom. The van der Waals surface area contributed by atoms with E-state index in [1.54, 1.807) is 0 Å². The Kier molecular flexibility index (Phi) is 6.08. The van der Waals surface area contributed by atoms with E-state index in [0.29, 0.717) is 18.9 Å². The molecule has 1 aromatic rings. The lowest BCUT2D eigenvalue weighted by atomic mass is 9.88. The summed E-state index contributed by atoms with van der Waals surface area (Å²) in [6.45, 7) is 3.73. The molecule has 0 unspecified atom stereocenters. The number of ether oxygens (including phenoxy) is 1. The van der Waals surface area contributed by atoms with E-state index in [1.807, 2.05) is 29.2 Å². The van der Waals surface area contributed by atoms with E-state index >= 15 is 0 Å². The van der Waals surface area contributed by atoms with E-state index in [4.69, 9.17) is 4.74 Å². The van der Waals surface area contributed by atoms with Gasteiger partial charge in [-0.3, -0.25) is 9.59 Å². The zero-order valence-electron chi connectivity index (χ0n) is 15.0. The van der Waals surface area contributed by atoms with Crippen molar-refractivity contribution >= 4 is 17.5 Å². The summed E-state index contributed by atoms with van der Waals surface area (Å²) in [7, 11) is 0. The van der Waals surface area contributed by atoms with Crippen molar-refractivity contribution < 1.29 is 14.3 Å². The van der Waals surface area contributed by atoms with Gasteiger partial charge in [0.15, 0.2) is 0 Å². The van der Waals surface area contributed by atoms with Crippen LogP contribution in [0.25, 0.3) is 0 Å². The molecule has 2 fully saturated rings. The Labute approximate surface area is 149 Å². The first-order valence-corrected chi connectivity index (χ1v) is 9.40. The van der Waals surface area contributed by atoms with Gasteiger partial charge < -0.3 is 15.0 Å². The SMILES string of the molecule is C[C@@H]1CCCC[C@H]1OCC(=O)Nc1cccc(CN2CCCC2=O)c1. The molecule has 2 amide bonds. The molecule has 2 atom stereocenters. The molecule has 1 aromatic carbocycles. The van der Waals surface area contributed by atoms with Gasteiger partial charge in [-0.25, -0.2) is 0 Å². The molecular formula is C20H28N2O3. The zero-order chi connectivity index (χ0) is 17.6. The Bertz CT molecular complexity index is 617. The lowest BCUT2D eigenvalue weighted by molar-refractivity contribution is -0.128. The quantitative estimate of drug-likeness (QED) is 0.861. The van der Waals surface area contributed by atoms with E-state index in [0.717, 1.165) is 30.6 Å². The fourth-order valence-corrected chi connectivity index (χ4v) is 3.75. The predicted molar refractivity (Wildman–Crippen MR) is 97.1 cm³/mol. The monoisotopic (exact) mass is 344 g/mol. The van der Waals surface area contributed by atoms with Crippen LogP contribution in [-0.2, 0) is 20.9 Å². The zero-order valence-corrected chi connectivity index (χ0v) is 15.0. The van der Waals surface area contributed by atoms with E-state index in [9.17, 15) is 9.59 Å². The van der Waals surface area contributed by atoms with Crippen molar-refractivity contribution in [1.29, 1.82) is 0 Å². The van der Waals surface area contributed by atoms with Crippen molar-refractivity contribution in [2.45, 2.75) is 58.1 Å². The van der Waals surface area contributed by atoms with Gasteiger partial charge >= 0.3 is 0 Å². The number of nitrogens with zero attached hydrogens (tertiary/aromatic N) is 1. The molecule has 1 aliphatic carbocycles. The first-order chi connectivity index (χ1) is 12.1. The summed E-state index contributed by atoms with van der Waals surface area (Å²) in [5, 5.41) is 2.91. The first kappa shape index (κ1) is 17.9. The number of nitrogens with one attached hydrogen (secondary N) is 1. The number of benzene rings is 1. The standard InChI is InChI=1S/C20H28N2O3/c1-15-6-2-3-9-18(15)25-14-19(23)21-17-8-4-7-16(12-17)13-22-11-5-10-20(22)24/h4,7-8,12,15,18H,2-3,5-6,9-11,13-14H2,1H3,(H,21,23)/t15-,18-/m1/s1. The minimum absolute atomic E-state index is 0.101. The van der Waals surface area contributed by atoms with Gasteiger partial charge in [0.25, 0.3) is 0 Å². The van der Waals surface area contributed by atoms with Crippen molar-refractivity contribution in [2.75, 3.05) is 18.5 Å². The molecule has 1 N–H and O–H groups in total. The molecule has 2 aliphatic rings. The number of hydrogen-bond acceptors (Lipinski definition) is 3. The highest BCUT2D eigenvalue weighted by molar-refractivity contribution is 5.91. The smallest absolute Gasteiger partial charge is 0.250 e. The molecule has 5 nitrogen and oxygen atoms in total. The summed E-state index contributed by atoms with van der Waals surface area (Å²) in [6, 6.07) is 7.71. The summed E-state index contributed by atoms with van der Waals surface area (Å²) < 4.78 is 5.82. The molecule has 0 aromatic heterocycles. The van der Waals surface area contributed by atoms with E-state index in [1.165, 1.54) is 19.3 Å². The molecule has 1 heterocycles. The normalized spacial score (nSPS) is 23.7. The Morgan fingerprint density at radius 3 is 2.88 bits per heavy atom. The average Bonchev–Trinajstić information content (AvgIpc) is 2.99. The van der Waals surface area contributed by atoms with Crippen LogP contribution in [0.15, 0.2) is 24.3 Å². The topological polar surface area (TPSA) is 58.6 Å². The van der Waals surface area contributed by atoms with Crippen molar-refractivity contribution in [3.63, 3.8) is 0 Å². The number of carbonyl (C=O) groups excluding carboxylic acids is 2. The van der Waals surface area contributed by atoms with Crippen LogP contribution >= 0.6 is 0 Å². The third-order valence-electron chi connectivity index (χ3n) is 5.22. The Balaban J connectivity index is 1.49. The highest BCUT2D eigenvalue weighted by Crippen LogP contribution is 2.26. The second-order valence-electron chi connectivity index (χ2n) is 7.28. The second kappa shape index (κ2) is 8.48. The second-order valence-corrected chi connectivity index (χ2v) is 7.28. The van der Waals surface area contributed by atoms with Crippen LogP contribution in [0, 0.1) is 5.92 Å². The minimum atomic E-state index is -0.118. The van der Waals surface area contributed by atoms with Crippen LogP contribution in [0.1, 0.15) is 51.0 Å². The molecule has 136 valence electrons. The lowest BCUT2D eigenvalue weighted by Gasteiger charge is -2.28. The average molecular weight is 344 g/mol. The maximum Gasteiger partial charge on any atom is 0.250 e. The van der Waals surface area contributed by atoms with E-state index < -0.39 is 0 Å². The van der Waals surface area contributed by atoms with Crippen LogP contribution in [0.5, 0.6) is 0 Å². The van der Waals surface area contributed by atoms with E-state index in [-0.39, 0.29) is 24.5 Å².